The summed E-state index contributed by atoms with van der Waals surface area (Å²) in [6, 6.07) is 3.44. The molecule has 0 aromatic heterocycles. The lowest BCUT2D eigenvalue weighted by molar-refractivity contribution is -0.155. The molecule has 0 spiro atoms. The first-order valence-corrected chi connectivity index (χ1v) is 8.10. The lowest BCUT2D eigenvalue weighted by atomic mass is 9.89. The fourth-order valence-electron chi connectivity index (χ4n) is 2.92. The second-order valence-corrected chi connectivity index (χ2v) is 6.25. The smallest absolute Gasteiger partial charge is 0.331 e. The SMILES string of the molecule is COC(=O)C1(NC(=O)Cc2c(C)cc(Cl)cc2OC)CCOCC1. The molecule has 0 aliphatic carbocycles. The molecular formula is C17H22ClNO5. The molecule has 1 aromatic rings. The topological polar surface area (TPSA) is 73.9 Å². The zero-order valence-corrected chi connectivity index (χ0v) is 14.9. The van der Waals surface area contributed by atoms with Gasteiger partial charge in [-0.05, 0) is 24.6 Å². The zero-order chi connectivity index (χ0) is 17.7. The minimum atomic E-state index is -1.03. The quantitative estimate of drug-likeness (QED) is 0.818. The predicted molar refractivity (Wildman–Crippen MR) is 89.4 cm³/mol. The second kappa shape index (κ2) is 7.85. The molecule has 1 amide bonds. The summed E-state index contributed by atoms with van der Waals surface area (Å²) in [4.78, 5) is 24.7. The van der Waals surface area contributed by atoms with E-state index in [9.17, 15) is 9.59 Å². The van der Waals surface area contributed by atoms with Gasteiger partial charge in [0.15, 0.2) is 0 Å². The Morgan fingerprint density at radius 3 is 2.54 bits per heavy atom. The molecule has 1 aliphatic heterocycles. The fourth-order valence-corrected chi connectivity index (χ4v) is 3.18. The van der Waals surface area contributed by atoms with Crippen LogP contribution in [0.25, 0.3) is 0 Å². The minimum absolute atomic E-state index is 0.0891. The highest BCUT2D eigenvalue weighted by atomic mass is 35.5. The third kappa shape index (κ3) is 3.99. The Morgan fingerprint density at radius 2 is 1.96 bits per heavy atom. The number of benzene rings is 1. The van der Waals surface area contributed by atoms with Crippen LogP contribution in [-0.2, 0) is 25.5 Å². The van der Waals surface area contributed by atoms with E-state index in [1.807, 2.05) is 6.92 Å². The van der Waals surface area contributed by atoms with Crippen LogP contribution < -0.4 is 10.1 Å². The number of hydrogen-bond donors (Lipinski definition) is 1. The van der Waals surface area contributed by atoms with E-state index in [1.54, 1.807) is 12.1 Å². The van der Waals surface area contributed by atoms with E-state index < -0.39 is 11.5 Å². The van der Waals surface area contributed by atoms with Crippen molar-refractivity contribution < 1.29 is 23.8 Å². The number of hydrogen-bond acceptors (Lipinski definition) is 5. The van der Waals surface area contributed by atoms with Crippen molar-refractivity contribution in [2.45, 2.75) is 31.7 Å². The standard InChI is InChI=1S/C17H22ClNO5/c1-11-8-12(18)9-14(22-2)13(11)10-15(20)19-17(16(21)23-3)4-6-24-7-5-17/h8-9H,4-7,10H2,1-3H3,(H,19,20). The van der Waals surface area contributed by atoms with Crippen molar-refractivity contribution in [1.29, 1.82) is 0 Å². The Bertz CT molecular complexity index is 626. The monoisotopic (exact) mass is 355 g/mol. The Morgan fingerprint density at radius 1 is 1.29 bits per heavy atom. The highest BCUT2D eigenvalue weighted by Gasteiger charge is 2.42. The van der Waals surface area contributed by atoms with Crippen LogP contribution in [-0.4, -0.2) is 44.8 Å². The van der Waals surface area contributed by atoms with E-state index in [0.717, 1.165) is 11.1 Å². The number of ether oxygens (including phenoxy) is 3. The first-order valence-electron chi connectivity index (χ1n) is 7.72. The molecule has 0 atom stereocenters. The van der Waals surface area contributed by atoms with E-state index in [0.29, 0.717) is 36.8 Å². The van der Waals surface area contributed by atoms with E-state index in [2.05, 4.69) is 5.32 Å². The third-order valence-electron chi connectivity index (χ3n) is 4.26. The maximum atomic E-state index is 12.6. The molecule has 1 N–H and O–H groups in total. The maximum absolute atomic E-state index is 12.6. The summed E-state index contributed by atoms with van der Waals surface area (Å²) in [7, 11) is 2.85. The Hall–Kier alpha value is -1.79. The number of carbonyl (C=O) groups excluding carboxylic acids is 2. The third-order valence-corrected chi connectivity index (χ3v) is 4.47. The van der Waals surface area contributed by atoms with Crippen LogP contribution >= 0.6 is 11.6 Å². The minimum Gasteiger partial charge on any atom is -0.496 e. The molecule has 0 bridgehead atoms. The van der Waals surface area contributed by atoms with Gasteiger partial charge in [0.2, 0.25) is 5.91 Å². The Balaban J connectivity index is 2.19. The molecule has 1 aliphatic rings. The summed E-state index contributed by atoms with van der Waals surface area (Å²) >= 11 is 6.02. The van der Waals surface area contributed by atoms with Gasteiger partial charge in [0.1, 0.15) is 11.3 Å². The number of aryl methyl sites for hydroxylation is 1. The summed E-state index contributed by atoms with van der Waals surface area (Å²) in [6.45, 7) is 2.67. The zero-order valence-electron chi connectivity index (χ0n) is 14.1. The second-order valence-electron chi connectivity index (χ2n) is 5.81. The highest BCUT2D eigenvalue weighted by molar-refractivity contribution is 6.30. The number of amides is 1. The lowest BCUT2D eigenvalue weighted by Gasteiger charge is -2.35. The van der Waals surface area contributed by atoms with Crippen molar-refractivity contribution in [2.75, 3.05) is 27.4 Å². The van der Waals surface area contributed by atoms with Crippen LogP contribution in [0.5, 0.6) is 5.75 Å². The Kier molecular flexibility index (Phi) is 6.07. The maximum Gasteiger partial charge on any atom is 0.331 e. The van der Waals surface area contributed by atoms with Gasteiger partial charge in [-0.3, -0.25) is 4.79 Å². The van der Waals surface area contributed by atoms with Gasteiger partial charge in [0.05, 0.1) is 20.6 Å². The predicted octanol–water partition coefficient (Wildman–Crippen LogP) is 2.04. The summed E-state index contributed by atoms with van der Waals surface area (Å²) in [5, 5.41) is 3.39. The largest absolute Gasteiger partial charge is 0.496 e. The summed E-state index contributed by atoms with van der Waals surface area (Å²) in [5.41, 5.74) is 0.567. The van der Waals surface area contributed by atoms with Crippen molar-refractivity contribution >= 4 is 23.5 Å². The fraction of sp³-hybridized carbons (Fsp3) is 0.529. The van der Waals surface area contributed by atoms with E-state index in [1.165, 1.54) is 14.2 Å². The van der Waals surface area contributed by atoms with Gasteiger partial charge in [0.25, 0.3) is 0 Å². The van der Waals surface area contributed by atoms with Gasteiger partial charge >= 0.3 is 5.97 Å². The molecule has 132 valence electrons. The molecule has 6 nitrogen and oxygen atoms in total. The van der Waals surface area contributed by atoms with Crippen LogP contribution in [0.3, 0.4) is 0 Å². The molecule has 2 rings (SSSR count). The van der Waals surface area contributed by atoms with E-state index in [4.69, 9.17) is 25.8 Å². The number of methoxy groups -OCH3 is 2. The van der Waals surface area contributed by atoms with Gasteiger partial charge in [-0.25, -0.2) is 4.79 Å². The normalized spacial score (nSPS) is 16.3. The van der Waals surface area contributed by atoms with Crippen molar-refractivity contribution in [2.24, 2.45) is 0 Å². The van der Waals surface area contributed by atoms with Gasteiger partial charge in [-0.2, -0.15) is 0 Å². The molecule has 0 saturated carbocycles. The molecule has 24 heavy (non-hydrogen) atoms. The number of rotatable bonds is 5. The number of carbonyl (C=O) groups is 2. The van der Waals surface area contributed by atoms with Crippen LogP contribution in [0.1, 0.15) is 24.0 Å². The molecule has 0 unspecified atom stereocenters. The van der Waals surface area contributed by atoms with Gasteiger partial charge < -0.3 is 19.5 Å². The van der Waals surface area contributed by atoms with Gasteiger partial charge in [-0.1, -0.05) is 11.6 Å². The van der Waals surface area contributed by atoms with E-state index >= 15 is 0 Å². The van der Waals surface area contributed by atoms with Crippen LogP contribution in [0.15, 0.2) is 12.1 Å². The van der Waals surface area contributed by atoms with Crippen LogP contribution in [0.2, 0.25) is 5.02 Å². The molecular weight excluding hydrogens is 334 g/mol. The molecule has 1 saturated heterocycles. The Labute approximate surface area is 146 Å². The number of esters is 1. The molecule has 1 heterocycles. The first-order chi connectivity index (χ1) is 11.4. The average molecular weight is 356 g/mol. The van der Waals surface area contributed by atoms with Crippen LogP contribution in [0, 0.1) is 6.92 Å². The summed E-state index contributed by atoms with van der Waals surface area (Å²) in [5.74, 6) is -0.167. The number of nitrogens with one attached hydrogen (secondary N) is 1. The van der Waals surface area contributed by atoms with Gasteiger partial charge in [0, 0.05) is 36.6 Å². The molecule has 1 aromatic carbocycles. The summed E-state index contributed by atoms with van der Waals surface area (Å²) < 4.78 is 15.5. The van der Waals surface area contributed by atoms with Crippen molar-refractivity contribution in [3.63, 3.8) is 0 Å². The van der Waals surface area contributed by atoms with Crippen LogP contribution in [0.4, 0.5) is 0 Å². The lowest BCUT2D eigenvalue weighted by Crippen LogP contribution is -2.58. The molecule has 7 heteroatoms. The summed E-state index contributed by atoms with van der Waals surface area (Å²) in [6.07, 6.45) is 0.871. The number of halogens is 1. The van der Waals surface area contributed by atoms with Crippen molar-refractivity contribution in [3.05, 3.63) is 28.3 Å². The average Bonchev–Trinajstić information content (AvgIpc) is 2.57. The molecule has 1 fully saturated rings. The highest BCUT2D eigenvalue weighted by Crippen LogP contribution is 2.28. The van der Waals surface area contributed by atoms with Gasteiger partial charge in [-0.15, -0.1) is 0 Å². The van der Waals surface area contributed by atoms with E-state index in [-0.39, 0.29) is 12.3 Å². The first kappa shape index (κ1) is 18.5. The van der Waals surface area contributed by atoms with Crippen molar-refractivity contribution in [3.8, 4) is 5.75 Å². The van der Waals surface area contributed by atoms with Crippen molar-refractivity contribution in [1.82, 2.24) is 5.32 Å². The molecule has 0 radical (unpaired) electrons.